The van der Waals surface area contributed by atoms with Crippen LogP contribution in [-0.2, 0) is 15.8 Å². The lowest BCUT2D eigenvalue weighted by Crippen LogP contribution is -2.39. The topological polar surface area (TPSA) is 63.4 Å². The first-order valence-corrected chi connectivity index (χ1v) is 11.1. The average molecular weight is 425 g/mol. The average Bonchev–Trinajstić information content (AvgIpc) is 3.09. The fourth-order valence-electron chi connectivity index (χ4n) is 3.39. The first kappa shape index (κ1) is 18.7. The van der Waals surface area contributed by atoms with Gasteiger partial charge in [0.1, 0.15) is 5.52 Å². The first-order valence-electron chi connectivity index (χ1n) is 8.69. The van der Waals surface area contributed by atoms with Crippen LogP contribution in [0.5, 0.6) is 0 Å². The second kappa shape index (κ2) is 7.43. The standard InChI is InChI=1S/C19H18Cl2N2O3S/c20-15-8-7-13(10-16(15)21)12-27(24,25)23-9-3-4-14(11-23)19-22-17-5-1-2-6-18(17)26-19/h1-2,5-8,10,14H,3-4,9,11-12H2. The number of nitrogens with zero attached hydrogens (tertiary/aromatic N) is 2. The van der Waals surface area contributed by atoms with Gasteiger partial charge in [-0.3, -0.25) is 0 Å². The molecule has 3 aromatic rings. The molecule has 0 aliphatic carbocycles. The molecule has 0 spiro atoms. The number of oxazole rings is 1. The molecule has 1 fully saturated rings. The predicted octanol–water partition coefficient (Wildman–Crippen LogP) is 4.84. The Morgan fingerprint density at radius 1 is 1.15 bits per heavy atom. The quantitative estimate of drug-likeness (QED) is 0.600. The summed E-state index contributed by atoms with van der Waals surface area (Å²) in [5.41, 5.74) is 2.14. The molecule has 2 aromatic carbocycles. The lowest BCUT2D eigenvalue weighted by molar-refractivity contribution is 0.288. The van der Waals surface area contributed by atoms with E-state index in [1.54, 1.807) is 18.2 Å². The van der Waals surface area contributed by atoms with Gasteiger partial charge in [0.2, 0.25) is 10.0 Å². The highest BCUT2D eigenvalue weighted by molar-refractivity contribution is 7.88. The van der Waals surface area contributed by atoms with Crippen molar-refractivity contribution >= 4 is 44.3 Å². The van der Waals surface area contributed by atoms with E-state index in [1.165, 1.54) is 4.31 Å². The zero-order valence-electron chi connectivity index (χ0n) is 14.4. The van der Waals surface area contributed by atoms with Gasteiger partial charge in [0.15, 0.2) is 11.5 Å². The van der Waals surface area contributed by atoms with Gasteiger partial charge in [0.05, 0.1) is 15.8 Å². The lowest BCUT2D eigenvalue weighted by Gasteiger charge is -2.30. The van der Waals surface area contributed by atoms with Crippen molar-refractivity contribution in [3.05, 3.63) is 64.0 Å². The molecule has 0 N–H and O–H groups in total. The van der Waals surface area contributed by atoms with Crippen LogP contribution in [0.1, 0.15) is 30.2 Å². The molecule has 27 heavy (non-hydrogen) atoms. The third-order valence-corrected chi connectivity index (χ3v) is 7.33. The molecule has 8 heteroatoms. The summed E-state index contributed by atoms with van der Waals surface area (Å²) in [7, 11) is -3.47. The minimum absolute atomic E-state index is 0.0465. The Labute approximate surface area is 167 Å². The van der Waals surface area contributed by atoms with E-state index in [2.05, 4.69) is 4.98 Å². The number of hydrogen-bond acceptors (Lipinski definition) is 4. The summed E-state index contributed by atoms with van der Waals surface area (Å²) < 4.78 is 33.2. The Balaban J connectivity index is 1.53. The van der Waals surface area contributed by atoms with Crippen LogP contribution in [0, 0.1) is 0 Å². The fourth-order valence-corrected chi connectivity index (χ4v) is 5.31. The van der Waals surface area contributed by atoms with Crippen LogP contribution in [0.15, 0.2) is 46.9 Å². The van der Waals surface area contributed by atoms with E-state index in [9.17, 15) is 8.42 Å². The molecular formula is C19H18Cl2N2O3S. The molecule has 2 heterocycles. The molecule has 1 atom stereocenters. The van der Waals surface area contributed by atoms with Crippen molar-refractivity contribution in [2.45, 2.75) is 24.5 Å². The van der Waals surface area contributed by atoms with E-state index in [0.717, 1.165) is 23.9 Å². The SMILES string of the molecule is O=S(=O)(Cc1ccc(Cl)c(Cl)c1)N1CCCC(c2nc3ccccc3o2)C1. The summed E-state index contributed by atoms with van der Waals surface area (Å²) in [6, 6.07) is 12.5. The van der Waals surface area contributed by atoms with Crippen LogP contribution < -0.4 is 0 Å². The van der Waals surface area contributed by atoms with Gasteiger partial charge in [-0.1, -0.05) is 41.4 Å². The highest BCUT2D eigenvalue weighted by Gasteiger charge is 2.32. The number of rotatable bonds is 4. The predicted molar refractivity (Wildman–Crippen MR) is 107 cm³/mol. The maximum Gasteiger partial charge on any atom is 0.218 e. The third kappa shape index (κ3) is 3.99. The second-order valence-electron chi connectivity index (χ2n) is 6.72. The van der Waals surface area contributed by atoms with Crippen molar-refractivity contribution in [3.63, 3.8) is 0 Å². The number of benzene rings is 2. The van der Waals surface area contributed by atoms with Crippen LogP contribution in [-0.4, -0.2) is 30.8 Å². The highest BCUT2D eigenvalue weighted by atomic mass is 35.5. The van der Waals surface area contributed by atoms with Gasteiger partial charge in [-0.2, -0.15) is 0 Å². The third-order valence-electron chi connectivity index (χ3n) is 4.77. The van der Waals surface area contributed by atoms with Crippen LogP contribution in [0.25, 0.3) is 11.1 Å². The molecule has 0 amide bonds. The number of fused-ring (bicyclic) bond motifs is 1. The number of piperidine rings is 1. The Kier molecular flexibility index (Phi) is 5.16. The lowest BCUT2D eigenvalue weighted by atomic mass is 10.00. The van der Waals surface area contributed by atoms with Crippen LogP contribution >= 0.6 is 23.2 Å². The van der Waals surface area contributed by atoms with Crippen molar-refractivity contribution < 1.29 is 12.8 Å². The number of para-hydroxylation sites is 2. The number of hydrogen-bond donors (Lipinski definition) is 0. The molecular weight excluding hydrogens is 407 g/mol. The maximum absolute atomic E-state index is 12.9. The van der Waals surface area contributed by atoms with Crippen LogP contribution in [0.3, 0.4) is 0 Å². The summed E-state index contributed by atoms with van der Waals surface area (Å²) in [6.45, 7) is 0.872. The molecule has 1 aromatic heterocycles. The van der Waals surface area contributed by atoms with Crippen molar-refractivity contribution in [1.29, 1.82) is 0 Å². The molecule has 4 rings (SSSR count). The molecule has 1 unspecified atom stereocenters. The van der Waals surface area contributed by atoms with Gasteiger partial charge in [0.25, 0.3) is 0 Å². The van der Waals surface area contributed by atoms with Gasteiger partial charge in [-0.15, -0.1) is 0 Å². The monoisotopic (exact) mass is 424 g/mol. The Bertz CT molecular complexity index is 1050. The minimum atomic E-state index is -3.47. The molecule has 0 bridgehead atoms. The summed E-state index contributed by atoms with van der Waals surface area (Å²) >= 11 is 11.9. The Morgan fingerprint density at radius 3 is 2.74 bits per heavy atom. The molecule has 1 saturated heterocycles. The van der Waals surface area contributed by atoms with E-state index < -0.39 is 10.0 Å². The van der Waals surface area contributed by atoms with Crippen molar-refractivity contribution in [1.82, 2.24) is 9.29 Å². The van der Waals surface area contributed by atoms with E-state index in [4.69, 9.17) is 27.6 Å². The molecule has 1 aliphatic heterocycles. The van der Waals surface area contributed by atoms with Gasteiger partial charge in [-0.05, 0) is 42.7 Å². The Hall–Kier alpha value is -1.60. The van der Waals surface area contributed by atoms with Crippen molar-refractivity contribution in [3.8, 4) is 0 Å². The van der Waals surface area contributed by atoms with Crippen molar-refractivity contribution in [2.24, 2.45) is 0 Å². The van der Waals surface area contributed by atoms with Gasteiger partial charge >= 0.3 is 0 Å². The zero-order valence-corrected chi connectivity index (χ0v) is 16.8. The molecule has 142 valence electrons. The largest absolute Gasteiger partial charge is 0.440 e. The Morgan fingerprint density at radius 2 is 1.96 bits per heavy atom. The normalized spacial score (nSPS) is 18.8. The fraction of sp³-hybridized carbons (Fsp3) is 0.316. The van der Waals surface area contributed by atoms with Crippen LogP contribution in [0.4, 0.5) is 0 Å². The molecule has 1 aliphatic rings. The number of halogens is 2. The van der Waals surface area contributed by atoms with E-state index >= 15 is 0 Å². The first-order chi connectivity index (χ1) is 12.9. The number of sulfonamides is 1. The van der Waals surface area contributed by atoms with E-state index in [1.807, 2.05) is 24.3 Å². The number of aromatic nitrogens is 1. The molecule has 0 radical (unpaired) electrons. The van der Waals surface area contributed by atoms with Gasteiger partial charge in [-0.25, -0.2) is 17.7 Å². The highest BCUT2D eigenvalue weighted by Crippen LogP contribution is 2.31. The zero-order chi connectivity index (χ0) is 19.0. The second-order valence-corrected chi connectivity index (χ2v) is 9.50. The summed E-state index contributed by atoms with van der Waals surface area (Å²) in [4.78, 5) is 4.54. The molecule has 5 nitrogen and oxygen atoms in total. The summed E-state index contributed by atoms with van der Waals surface area (Å²) in [5, 5.41) is 0.763. The van der Waals surface area contributed by atoms with E-state index in [0.29, 0.717) is 34.6 Å². The van der Waals surface area contributed by atoms with Gasteiger partial charge < -0.3 is 4.42 Å². The van der Waals surface area contributed by atoms with Crippen molar-refractivity contribution in [2.75, 3.05) is 13.1 Å². The summed E-state index contributed by atoms with van der Waals surface area (Å²) in [6.07, 6.45) is 1.62. The summed E-state index contributed by atoms with van der Waals surface area (Å²) in [5.74, 6) is 0.449. The minimum Gasteiger partial charge on any atom is -0.440 e. The smallest absolute Gasteiger partial charge is 0.218 e. The van der Waals surface area contributed by atoms with Gasteiger partial charge in [0, 0.05) is 19.0 Å². The molecule has 0 saturated carbocycles. The van der Waals surface area contributed by atoms with E-state index in [-0.39, 0.29) is 11.7 Å². The van der Waals surface area contributed by atoms with Crippen LogP contribution in [0.2, 0.25) is 10.0 Å². The maximum atomic E-state index is 12.9.